The van der Waals surface area contributed by atoms with Gasteiger partial charge in [-0.25, -0.2) is 0 Å². The Morgan fingerprint density at radius 2 is 1.73 bits per heavy atom. The van der Waals surface area contributed by atoms with Gasteiger partial charge in [0.05, 0.1) is 0 Å². The smallest absolute Gasteiger partial charge is 0.120 e. The number of rotatable bonds is 4. The maximum atomic E-state index is 10.4. The monoisotopic (exact) mass is 204 g/mol. The van der Waals surface area contributed by atoms with Crippen LogP contribution in [-0.4, -0.2) is 6.29 Å². The maximum Gasteiger partial charge on any atom is 0.120 e. The molecule has 0 saturated carbocycles. The van der Waals surface area contributed by atoms with E-state index in [4.69, 9.17) is 0 Å². The van der Waals surface area contributed by atoms with Gasteiger partial charge in [0.2, 0.25) is 0 Å². The lowest BCUT2D eigenvalue weighted by molar-refractivity contribution is -0.107. The molecule has 1 nitrogen and oxygen atoms in total. The summed E-state index contributed by atoms with van der Waals surface area (Å²) in [6.45, 7) is 6.72. The zero-order chi connectivity index (χ0) is 11.3. The van der Waals surface area contributed by atoms with Gasteiger partial charge in [-0.05, 0) is 29.4 Å². The summed E-state index contributed by atoms with van der Waals surface area (Å²) in [5.74, 6) is 0. The Balaban J connectivity index is 2.81. The molecule has 0 bridgehead atoms. The van der Waals surface area contributed by atoms with Gasteiger partial charge in [0.25, 0.3) is 0 Å². The van der Waals surface area contributed by atoms with Gasteiger partial charge in [-0.2, -0.15) is 0 Å². The van der Waals surface area contributed by atoms with Crippen molar-refractivity contribution in [2.75, 3.05) is 0 Å². The third-order valence-corrected chi connectivity index (χ3v) is 2.37. The lowest BCUT2D eigenvalue weighted by atomic mass is 9.85. The maximum absolute atomic E-state index is 10.4. The Morgan fingerprint density at radius 1 is 1.13 bits per heavy atom. The number of aldehydes is 1. The van der Waals surface area contributed by atoms with Gasteiger partial charge >= 0.3 is 0 Å². The topological polar surface area (TPSA) is 17.1 Å². The predicted octanol–water partition coefficient (Wildman–Crippen LogP) is 3.41. The minimum absolute atomic E-state index is 0.303. The van der Waals surface area contributed by atoms with Crippen molar-refractivity contribution in [3.63, 3.8) is 0 Å². The third kappa shape index (κ3) is 4.28. The first-order chi connectivity index (χ1) is 7.03. The van der Waals surface area contributed by atoms with Crippen LogP contribution in [0.15, 0.2) is 24.3 Å². The molecule has 1 aromatic rings. The molecule has 0 aliphatic carbocycles. The van der Waals surface area contributed by atoms with Crippen LogP contribution < -0.4 is 0 Å². The summed E-state index contributed by atoms with van der Waals surface area (Å²) in [4.78, 5) is 10.4. The minimum atomic E-state index is 0.303. The largest absolute Gasteiger partial charge is 0.303 e. The van der Waals surface area contributed by atoms with Crippen LogP contribution in [0.2, 0.25) is 0 Å². The number of benzene rings is 1. The Kier molecular flexibility index (Phi) is 4.07. The fraction of sp³-hybridized carbons (Fsp3) is 0.500. The average Bonchev–Trinajstić information content (AvgIpc) is 2.14. The highest BCUT2D eigenvalue weighted by Crippen LogP contribution is 2.23. The van der Waals surface area contributed by atoms with E-state index < -0.39 is 0 Å². The molecule has 1 heteroatoms. The van der Waals surface area contributed by atoms with Crippen molar-refractivity contribution >= 4 is 6.29 Å². The van der Waals surface area contributed by atoms with Crippen LogP contribution in [0.4, 0.5) is 0 Å². The SMILES string of the molecule is CC(C)(C)Cc1ccccc1CCC=O. The highest BCUT2D eigenvalue weighted by molar-refractivity contribution is 5.50. The van der Waals surface area contributed by atoms with Gasteiger partial charge in [-0.1, -0.05) is 45.0 Å². The van der Waals surface area contributed by atoms with Crippen molar-refractivity contribution in [2.24, 2.45) is 5.41 Å². The zero-order valence-corrected chi connectivity index (χ0v) is 9.92. The van der Waals surface area contributed by atoms with Crippen LogP contribution in [0.25, 0.3) is 0 Å². The molecule has 0 heterocycles. The van der Waals surface area contributed by atoms with Crippen molar-refractivity contribution in [3.05, 3.63) is 35.4 Å². The number of carbonyl (C=O) groups excluding carboxylic acids is 1. The number of aryl methyl sites for hydroxylation is 1. The molecule has 0 aliphatic heterocycles. The van der Waals surface area contributed by atoms with Gasteiger partial charge < -0.3 is 4.79 Å². The predicted molar refractivity (Wildman–Crippen MR) is 64.0 cm³/mol. The van der Waals surface area contributed by atoms with Crippen molar-refractivity contribution < 1.29 is 4.79 Å². The van der Waals surface area contributed by atoms with Gasteiger partial charge in [0.15, 0.2) is 0 Å². The third-order valence-electron chi connectivity index (χ3n) is 2.37. The Hall–Kier alpha value is -1.11. The van der Waals surface area contributed by atoms with Crippen LogP contribution in [0.5, 0.6) is 0 Å². The molecule has 0 N–H and O–H groups in total. The lowest BCUT2D eigenvalue weighted by Gasteiger charge is -2.20. The summed E-state index contributed by atoms with van der Waals surface area (Å²) in [5.41, 5.74) is 3.00. The molecular weight excluding hydrogens is 184 g/mol. The highest BCUT2D eigenvalue weighted by Gasteiger charge is 2.13. The van der Waals surface area contributed by atoms with E-state index in [1.807, 2.05) is 6.07 Å². The Labute approximate surface area is 92.5 Å². The second-order valence-electron chi connectivity index (χ2n) is 5.21. The molecule has 1 aromatic carbocycles. The first kappa shape index (κ1) is 12.0. The number of hydrogen-bond donors (Lipinski definition) is 0. The second kappa shape index (κ2) is 5.11. The summed E-state index contributed by atoms with van der Waals surface area (Å²) in [6.07, 6.45) is 3.56. The second-order valence-corrected chi connectivity index (χ2v) is 5.21. The number of carbonyl (C=O) groups is 1. The van der Waals surface area contributed by atoms with E-state index in [2.05, 4.69) is 39.0 Å². The van der Waals surface area contributed by atoms with Crippen LogP contribution >= 0.6 is 0 Å². The van der Waals surface area contributed by atoms with Gasteiger partial charge in [0, 0.05) is 6.42 Å². The Bertz CT molecular complexity index is 320. The van der Waals surface area contributed by atoms with Crippen LogP contribution in [0.1, 0.15) is 38.3 Å². The molecule has 0 saturated heterocycles. The molecule has 0 atom stereocenters. The summed E-state index contributed by atoms with van der Waals surface area (Å²) in [7, 11) is 0. The van der Waals surface area contributed by atoms with E-state index in [1.165, 1.54) is 11.1 Å². The molecule has 0 aliphatic rings. The van der Waals surface area contributed by atoms with Crippen LogP contribution in [0.3, 0.4) is 0 Å². The van der Waals surface area contributed by atoms with E-state index in [0.717, 1.165) is 19.1 Å². The normalized spacial score (nSPS) is 11.4. The van der Waals surface area contributed by atoms with E-state index >= 15 is 0 Å². The molecular formula is C14H20O. The van der Waals surface area contributed by atoms with Gasteiger partial charge in [-0.15, -0.1) is 0 Å². The van der Waals surface area contributed by atoms with Crippen molar-refractivity contribution in [2.45, 2.75) is 40.0 Å². The highest BCUT2D eigenvalue weighted by atomic mass is 16.1. The zero-order valence-electron chi connectivity index (χ0n) is 9.92. The fourth-order valence-corrected chi connectivity index (χ4v) is 1.76. The molecule has 82 valence electrons. The number of hydrogen-bond acceptors (Lipinski definition) is 1. The van der Waals surface area contributed by atoms with Crippen molar-refractivity contribution in [1.82, 2.24) is 0 Å². The molecule has 0 unspecified atom stereocenters. The minimum Gasteiger partial charge on any atom is -0.303 e. The van der Waals surface area contributed by atoms with Crippen LogP contribution in [-0.2, 0) is 17.6 Å². The summed E-state index contributed by atoms with van der Waals surface area (Å²) >= 11 is 0. The first-order valence-corrected chi connectivity index (χ1v) is 5.53. The van der Waals surface area contributed by atoms with Gasteiger partial charge in [0.1, 0.15) is 6.29 Å². The van der Waals surface area contributed by atoms with E-state index in [0.29, 0.717) is 11.8 Å². The van der Waals surface area contributed by atoms with E-state index in [1.54, 1.807) is 0 Å². The fourth-order valence-electron chi connectivity index (χ4n) is 1.76. The molecule has 1 rings (SSSR count). The Morgan fingerprint density at radius 3 is 2.27 bits per heavy atom. The quantitative estimate of drug-likeness (QED) is 0.687. The van der Waals surface area contributed by atoms with Crippen molar-refractivity contribution in [3.8, 4) is 0 Å². The van der Waals surface area contributed by atoms with Crippen LogP contribution in [0, 0.1) is 5.41 Å². The molecule has 0 fully saturated rings. The van der Waals surface area contributed by atoms with Crippen molar-refractivity contribution in [1.29, 1.82) is 0 Å². The van der Waals surface area contributed by atoms with Gasteiger partial charge in [-0.3, -0.25) is 0 Å². The lowest BCUT2D eigenvalue weighted by Crippen LogP contribution is -2.11. The standard InChI is InChI=1S/C14H20O/c1-14(2,3)11-13-8-5-4-7-12(13)9-6-10-15/h4-5,7-8,10H,6,9,11H2,1-3H3. The molecule has 0 amide bonds. The molecule has 15 heavy (non-hydrogen) atoms. The molecule has 0 spiro atoms. The van der Waals surface area contributed by atoms with E-state index in [9.17, 15) is 4.79 Å². The average molecular weight is 204 g/mol. The summed E-state index contributed by atoms with van der Waals surface area (Å²) < 4.78 is 0. The first-order valence-electron chi connectivity index (χ1n) is 5.53. The summed E-state index contributed by atoms with van der Waals surface area (Å²) in [6, 6.07) is 8.42. The summed E-state index contributed by atoms with van der Waals surface area (Å²) in [5, 5.41) is 0. The molecule has 0 aromatic heterocycles. The van der Waals surface area contributed by atoms with E-state index in [-0.39, 0.29) is 0 Å². The molecule has 0 radical (unpaired) electrons.